The van der Waals surface area contributed by atoms with Crippen LogP contribution in [-0.4, -0.2) is 88.7 Å². The van der Waals surface area contributed by atoms with Gasteiger partial charge in [0.15, 0.2) is 9.04 Å². The molecule has 0 unspecified atom stereocenters. The van der Waals surface area contributed by atoms with Crippen molar-refractivity contribution < 1.29 is 18.9 Å². The molecule has 1 saturated heterocycles. The quantitative estimate of drug-likeness (QED) is 0.172. The maximum Gasteiger partial charge on any atom is 0.412 e. The molecule has 1 amide bonds. The van der Waals surface area contributed by atoms with Crippen LogP contribution < -0.4 is 0 Å². The summed E-state index contributed by atoms with van der Waals surface area (Å²) in [6.45, 7) is 12.7. The first kappa shape index (κ1) is 30.0. The van der Waals surface area contributed by atoms with Crippen LogP contribution in [-0.2, 0) is 22.3 Å². The average molecular weight is 566 g/mol. The van der Waals surface area contributed by atoms with E-state index >= 15 is 0 Å². The number of benzene rings is 1. The van der Waals surface area contributed by atoms with Crippen molar-refractivity contribution in [1.82, 2.24) is 30.0 Å². The molecule has 38 heavy (non-hydrogen) atoms. The molecule has 1 aromatic heterocycles. The molecule has 1 fully saturated rings. The minimum atomic E-state index is -1.59. The number of amides is 1. The Morgan fingerprint density at radius 3 is 2.55 bits per heavy atom. The minimum absolute atomic E-state index is 0.00751. The number of likely N-dealkylation sites (N-methyl/N-ethyl adjacent to an activating group) is 1. The fourth-order valence-electron chi connectivity index (χ4n) is 4.34. The number of carbonyl (C=O) groups excluding carboxylic acids is 1. The normalized spacial score (nSPS) is 19.9. The van der Waals surface area contributed by atoms with E-state index in [1.807, 2.05) is 14.1 Å². The van der Waals surface area contributed by atoms with Crippen LogP contribution in [0.3, 0.4) is 0 Å². The van der Waals surface area contributed by atoms with E-state index in [-0.39, 0.29) is 23.6 Å². The highest BCUT2D eigenvalue weighted by molar-refractivity contribution is 7.99. The number of hydrogen-bond donors (Lipinski definition) is 0. The molecule has 1 aliphatic heterocycles. The van der Waals surface area contributed by atoms with Gasteiger partial charge in [-0.1, -0.05) is 32.5 Å². The van der Waals surface area contributed by atoms with Gasteiger partial charge in [0.25, 0.3) is 5.69 Å². The van der Waals surface area contributed by atoms with E-state index in [1.54, 1.807) is 21.7 Å². The smallest absolute Gasteiger partial charge is 0.412 e. The van der Waals surface area contributed by atoms with Crippen LogP contribution in [0.4, 0.5) is 10.5 Å². The van der Waals surface area contributed by atoms with Gasteiger partial charge < -0.3 is 14.1 Å². The number of nitro benzene ring substituents is 1. The van der Waals surface area contributed by atoms with Crippen LogP contribution in [0, 0.1) is 21.4 Å². The average Bonchev–Trinajstić information content (AvgIpc) is 3.44. The Hall–Kier alpha value is -2.55. The van der Waals surface area contributed by atoms with E-state index in [9.17, 15) is 14.9 Å². The van der Waals surface area contributed by atoms with Crippen LogP contribution >= 0.6 is 11.8 Å². The van der Waals surface area contributed by atoms with E-state index in [0.29, 0.717) is 36.0 Å². The molecule has 0 radical (unpaired) electrons. The first-order valence-corrected chi connectivity index (χ1v) is 16.5. The molecule has 210 valence electrons. The molecule has 1 aromatic carbocycles. The van der Waals surface area contributed by atoms with Gasteiger partial charge in [0.2, 0.25) is 5.16 Å². The molecule has 12 nitrogen and oxygen atoms in total. The third kappa shape index (κ3) is 7.74. The fourth-order valence-corrected chi connectivity index (χ4v) is 6.71. The predicted octanol–water partition coefficient (Wildman–Crippen LogP) is 3.64. The maximum atomic E-state index is 13.5. The Labute approximate surface area is 229 Å². The molecular weight excluding hydrogens is 526 g/mol. The number of rotatable bonds is 11. The number of nitro groups is 1. The van der Waals surface area contributed by atoms with Crippen molar-refractivity contribution in [3.8, 4) is 0 Å². The summed E-state index contributed by atoms with van der Waals surface area (Å²) in [7, 11) is 2.41. The lowest BCUT2D eigenvalue weighted by atomic mass is 9.79. The molecule has 3 rings (SSSR count). The highest BCUT2D eigenvalue weighted by Gasteiger charge is 2.53. The number of hydrogen-bond acceptors (Lipinski definition) is 10. The Bertz CT molecular complexity index is 1090. The summed E-state index contributed by atoms with van der Waals surface area (Å²) in [5, 5.41) is 23.8. The number of tetrazole rings is 1. The van der Waals surface area contributed by atoms with E-state index in [0.717, 1.165) is 6.54 Å². The number of carbonyl (C=O) groups is 1. The van der Waals surface area contributed by atoms with E-state index in [4.69, 9.17) is 9.16 Å². The summed E-state index contributed by atoms with van der Waals surface area (Å²) in [6.07, 6.45) is 0.221. The summed E-state index contributed by atoms with van der Waals surface area (Å²) >= 11 is 1.49. The van der Waals surface area contributed by atoms with Gasteiger partial charge in [-0.25, -0.2) is 9.48 Å². The zero-order chi connectivity index (χ0) is 28.1. The molecular formula is C24H39N7O5SSi. The van der Waals surface area contributed by atoms with Crippen molar-refractivity contribution in [2.75, 3.05) is 32.9 Å². The zero-order valence-corrected chi connectivity index (χ0v) is 25.3. The first-order chi connectivity index (χ1) is 17.8. The topological polar surface area (TPSA) is 129 Å². The minimum Gasteiger partial charge on any atom is -0.444 e. The Morgan fingerprint density at radius 1 is 1.29 bits per heavy atom. The second kappa shape index (κ2) is 12.5. The highest BCUT2D eigenvalue weighted by Crippen LogP contribution is 2.45. The number of non-ortho nitro benzene ring substituents is 1. The number of nitrogens with zero attached hydrogens (tertiary/aromatic N) is 7. The molecule has 14 heteroatoms. The summed E-state index contributed by atoms with van der Waals surface area (Å²) in [6, 6.07) is 6.01. The fraction of sp³-hybridized carbons (Fsp3) is 0.667. The lowest BCUT2D eigenvalue weighted by Gasteiger charge is -2.39. The van der Waals surface area contributed by atoms with E-state index in [1.165, 1.54) is 23.9 Å². The molecule has 1 aliphatic rings. The number of aromatic nitrogens is 4. The van der Waals surface area contributed by atoms with Crippen molar-refractivity contribution in [3.05, 3.63) is 39.9 Å². The van der Waals surface area contributed by atoms with Gasteiger partial charge in [0.1, 0.15) is 12.3 Å². The second-order valence-corrected chi connectivity index (χ2v) is 14.5. The lowest BCUT2D eigenvalue weighted by molar-refractivity contribution is -0.384. The Kier molecular flexibility index (Phi) is 9.89. The van der Waals surface area contributed by atoms with Gasteiger partial charge >= 0.3 is 6.09 Å². The molecule has 2 aromatic rings. The summed E-state index contributed by atoms with van der Waals surface area (Å²) in [5.74, 6) is 0.673. The van der Waals surface area contributed by atoms with E-state index < -0.39 is 25.8 Å². The van der Waals surface area contributed by atoms with Gasteiger partial charge in [-0.05, 0) is 66.6 Å². The first-order valence-electron chi connectivity index (χ1n) is 12.7. The van der Waals surface area contributed by atoms with Gasteiger partial charge in [0, 0.05) is 37.4 Å². The van der Waals surface area contributed by atoms with Crippen molar-refractivity contribution in [3.63, 3.8) is 0 Å². The monoisotopic (exact) mass is 565 g/mol. The maximum absolute atomic E-state index is 13.5. The highest BCUT2D eigenvalue weighted by atomic mass is 32.2. The van der Waals surface area contributed by atoms with Gasteiger partial charge in [0.05, 0.1) is 11.5 Å². The van der Waals surface area contributed by atoms with Crippen LogP contribution in [0.1, 0.15) is 32.8 Å². The van der Waals surface area contributed by atoms with Crippen LogP contribution in [0.2, 0.25) is 13.1 Å². The Balaban J connectivity index is 1.82. The van der Waals surface area contributed by atoms with Gasteiger partial charge in [-0.2, -0.15) is 0 Å². The Morgan fingerprint density at radius 2 is 1.97 bits per heavy atom. The number of thioether (sulfide) groups is 1. The van der Waals surface area contributed by atoms with Gasteiger partial charge in [-0.3, -0.25) is 15.0 Å². The largest absolute Gasteiger partial charge is 0.444 e. The van der Waals surface area contributed by atoms with E-state index in [2.05, 4.69) is 54.3 Å². The standard InChI is InChI=1S/C24H39N7O5SSi/c1-23(2,3)19-14-24(36-38(6)7,17-37-21-25-26-27-30(21)13-12-28(4)5)29(15-19)22(32)35-16-18-8-10-20(11-9-18)31(33)34/h8-11,19,38H,12-17H2,1-7H3/t19-,24-/m0/s1. The predicted molar refractivity (Wildman–Crippen MR) is 147 cm³/mol. The van der Waals surface area contributed by atoms with Crippen molar-refractivity contribution >= 4 is 32.6 Å². The second-order valence-electron chi connectivity index (χ2n) is 11.2. The molecule has 0 aliphatic carbocycles. The third-order valence-corrected chi connectivity index (χ3v) is 8.61. The lowest BCUT2D eigenvalue weighted by Crippen LogP contribution is -2.53. The molecule has 0 spiro atoms. The van der Waals surface area contributed by atoms with Crippen LogP contribution in [0.25, 0.3) is 0 Å². The van der Waals surface area contributed by atoms with Crippen LogP contribution in [0.5, 0.6) is 0 Å². The van der Waals surface area contributed by atoms with Crippen molar-refractivity contribution in [2.45, 2.75) is 64.3 Å². The van der Waals surface area contributed by atoms with Crippen molar-refractivity contribution in [1.29, 1.82) is 0 Å². The third-order valence-electron chi connectivity index (χ3n) is 6.55. The molecule has 0 bridgehead atoms. The molecule has 2 heterocycles. The van der Waals surface area contributed by atoms with Crippen LogP contribution in [0.15, 0.2) is 29.4 Å². The number of ether oxygens (including phenoxy) is 1. The molecule has 0 N–H and O–H groups in total. The SMILES string of the molecule is CN(C)CCn1nnnc1SC[C@@]1(O[SiH](C)C)C[C@H](C(C)(C)C)CN1C(=O)OCc1ccc([N+](=O)[O-])cc1. The number of likely N-dealkylation sites (tertiary alicyclic amines) is 1. The molecule has 2 atom stereocenters. The van der Waals surface area contributed by atoms with Crippen molar-refractivity contribution in [2.24, 2.45) is 11.3 Å². The molecule has 0 saturated carbocycles. The summed E-state index contributed by atoms with van der Waals surface area (Å²) in [4.78, 5) is 27.8. The summed E-state index contributed by atoms with van der Waals surface area (Å²) < 4.78 is 14.2. The van der Waals surface area contributed by atoms with Gasteiger partial charge in [-0.15, -0.1) is 5.10 Å². The summed E-state index contributed by atoms with van der Waals surface area (Å²) in [5.41, 5.74) is -0.228. The zero-order valence-electron chi connectivity index (χ0n) is 23.3.